The van der Waals surface area contributed by atoms with Crippen molar-refractivity contribution in [2.45, 2.75) is 95.5 Å². The fraction of sp³-hybridized carbons (Fsp3) is 0.400. The molecule has 4 aromatic carbocycles. The van der Waals surface area contributed by atoms with Gasteiger partial charge in [-0.1, -0.05) is 62.7 Å². The van der Waals surface area contributed by atoms with Crippen molar-refractivity contribution in [1.82, 2.24) is 40.4 Å². The van der Waals surface area contributed by atoms with Gasteiger partial charge in [0.15, 0.2) is 0 Å². The van der Waals surface area contributed by atoms with Crippen LogP contribution < -0.4 is 15.4 Å². The molecule has 4 aliphatic rings. The maximum atomic E-state index is 14.5. The predicted molar refractivity (Wildman–Crippen MR) is 244 cm³/mol. The molecule has 4 atom stereocenters. The first kappa shape index (κ1) is 42.1. The van der Waals surface area contributed by atoms with Gasteiger partial charge in [0.1, 0.15) is 36.1 Å². The zero-order valence-electron chi connectivity index (χ0n) is 37.1. The van der Waals surface area contributed by atoms with Gasteiger partial charge in [0.05, 0.1) is 49.2 Å². The molecule has 3 aliphatic heterocycles. The molecular weight excluding hydrogens is 825 g/mol. The maximum absolute atomic E-state index is 14.5. The summed E-state index contributed by atoms with van der Waals surface area (Å²) in [6.45, 7) is 5.31. The number of aromatic nitrogens is 4. The lowest BCUT2D eigenvalue weighted by molar-refractivity contribution is -0.135. The molecule has 0 spiro atoms. The fourth-order valence-corrected chi connectivity index (χ4v) is 10.2. The van der Waals surface area contributed by atoms with Crippen molar-refractivity contribution in [3.63, 3.8) is 0 Å². The number of methoxy groups -OCH3 is 2. The van der Waals surface area contributed by atoms with Crippen molar-refractivity contribution in [2.75, 3.05) is 27.3 Å². The number of hydrogen-bond donors (Lipinski definition) is 4. The Labute approximate surface area is 376 Å². The Balaban J connectivity index is 0.892. The summed E-state index contributed by atoms with van der Waals surface area (Å²) in [5.74, 6) is 2.24. The Morgan fingerprint density at radius 2 is 1.49 bits per heavy atom. The number of imidazole rings is 2. The summed E-state index contributed by atoms with van der Waals surface area (Å²) in [5.41, 5.74) is 8.53. The van der Waals surface area contributed by atoms with Crippen LogP contribution in [0.15, 0.2) is 72.9 Å². The highest BCUT2D eigenvalue weighted by Gasteiger charge is 2.39. The Morgan fingerprint density at radius 3 is 2.23 bits per heavy atom. The number of alkyl carbamates (subject to hydrolysis) is 2. The Morgan fingerprint density at radius 1 is 0.769 bits per heavy atom. The number of nitrogens with one attached hydrogen (secondary N) is 4. The number of hydrogen-bond acceptors (Lipinski definition) is 9. The number of likely N-dealkylation sites (tertiary alicyclic amines) is 2. The number of rotatable bonds is 10. The number of carbonyl (C=O) groups is 4. The predicted octanol–water partition coefficient (Wildman–Crippen LogP) is 8.74. The Hall–Kier alpha value is -6.90. The highest BCUT2D eigenvalue weighted by atomic mass is 16.5. The zero-order chi connectivity index (χ0) is 44.9. The number of ether oxygens (including phenoxy) is 3. The lowest BCUT2D eigenvalue weighted by Gasteiger charge is -2.30. The molecule has 336 valence electrons. The van der Waals surface area contributed by atoms with Crippen LogP contribution in [-0.2, 0) is 25.7 Å². The molecule has 0 bridgehead atoms. The molecule has 1 aliphatic carbocycles. The molecule has 65 heavy (non-hydrogen) atoms. The van der Waals surface area contributed by atoms with Crippen LogP contribution in [0, 0.1) is 5.92 Å². The summed E-state index contributed by atoms with van der Waals surface area (Å²) in [5, 5.41) is 7.48. The number of amides is 4. The first-order chi connectivity index (χ1) is 31.6. The van der Waals surface area contributed by atoms with Crippen LogP contribution >= 0.6 is 0 Å². The van der Waals surface area contributed by atoms with Crippen LogP contribution in [0.2, 0.25) is 0 Å². The molecule has 1 saturated carbocycles. The van der Waals surface area contributed by atoms with E-state index in [2.05, 4.69) is 69.1 Å². The monoisotopic (exact) mass is 878 g/mol. The minimum atomic E-state index is -0.894. The molecule has 3 fully saturated rings. The molecule has 2 saturated heterocycles. The first-order valence-electron chi connectivity index (χ1n) is 22.8. The summed E-state index contributed by atoms with van der Waals surface area (Å²) in [6.07, 6.45) is 7.14. The first-order valence-corrected chi connectivity index (χ1v) is 22.8. The van der Waals surface area contributed by atoms with Gasteiger partial charge in [-0.3, -0.25) is 9.59 Å². The van der Waals surface area contributed by atoms with E-state index in [1.54, 1.807) is 0 Å². The van der Waals surface area contributed by atoms with Crippen molar-refractivity contribution >= 4 is 45.8 Å². The molecule has 15 nitrogen and oxygen atoms in total. The normalized spacial score (nSPS) is 19.0. The number of benzene rings is 4. The molecule has 15 heteroatoms. The lowest BCUT2D eigenvalue weighted by atomic mass is 9.79. The van der Waals surface area contributed by atoms with E-state index in [-0.39, 0.29) is 29.8 Å². The zero-order valence-corrected chi connectivity index (χ0v) is 37.1. The third-order valence-corrected chi connectivity index (χ3v) is 13.9. The van der Waals surface area contributed by atoms with Crippen LogP contribution in [0.1, 0.15) is 111 Å². The van der Waals surface area contributed by atoms with E-state index in [1.165, 1.54) is 26.2 Å². The van der Waals surface area contributed by atoms with Crippen LogP contribution in [0.3, 0.4) is 0 Å². The molecule has 0 unspecified atom stereocenters. The summed E-state index contributed by atoms with van der Waals surface area (Å²) in [4.78, 5) is 73.4. The van der Waals surface area contributed by atoms with Crippen LogP contribution in [-0.4, -0.2) is 87.1 Å². The van der Waals surface area contributed by atoms with Gasteiger partial charge in [-0.2, -0.15) is 0 Å². The van der Waals surface area contributed by atoms with E-state index < -0.39 is 24.3 Å². The van der Waals surface area contributed by atoms with E-state index in [0.29, 0.717) is 37.3 Å². The van der Waals surface area contributed by atoms with Gasteiger partial charge in [0, 0.05) is 29.4 Å². The van der Waals surface area contributed by atoms with Gasteiger partial charge in [-0.15, -0.1) is 0 Å². The third-order valence-electron chi connectivity index (χ3n) is 13.9. The van der Waals surface area contributed by atoms with Gasteiger partial charge in [0.25, 0.3) is 5.91 Å². The SMILES string of the molecule is COC(=O)N[C@H](C(=O)N1CCC[C@H]1c1ncc(-c2ccc3c(c2)COc2c-3ccc3c2ccc2nc([C@@H]4CCCN4C(=O)[C@H](NC(=O)OC)c4cccc(C5CCC5)c4)[nH]c23)[nH]1)C(C)C. The summed E-state index contributed by atoms with van der Waals surface area (Å²) in [7, 11) is 2.60. The van der Waals surface area contributed by atoms with Gasteiger partial charge in [0.2, 0.25) is 5.91 Å². The van der Waals surface area contributed by atoms with Gasteiger partial charge in [-0.05, 0) is 102 Å². The van der Waals surface area contributed by atoms with Crippen LogP contribution in [0.5, 0.6) is 5.75 Å². The summed E-state index contributed by atoms with van der Waals surface area (Å²) in [6, 6.07) is 20.5. The summed E-state index contributed by atoms with van der Waals surface area (Å²) >= 11 is 0. The Bertz CT molecular complexity index is 2830. The van der Waals surface area contributed by atoms with E-state index in [9.17, 15) is 19.2 Å². The highest BCUT2D eigenvalue weighted by molar-refractivity contribution is 6.09. The fourth-order valence-electron chi connectivity index (χ4n) is 10.2. The van der Waals surface area contributed by atoms with E-state index in [1.807, 2.05) is 48.0 Å². The number of carbonyl (C=O) groups excluding carboxylic acids is 4. The van der Waals surface area contributed by atoms with E-state index in [4.69, 9.17) is 24.2 Å². The van der Waals surface area contributed by atoms with Gasteiger partial charge >= 0.3 is 12.2 Å². The van der Waals surface area contributed by atoms with Gasteiger partial charge < -0.3 is 44.6 Å². The topological polar surface area (TPSA) is 184 Å². The molecule has 5 heterocycles. The van der Waals surface area contributed by atoms with Crippen molar-refractivity contribution in [3.05, 3.63) is 101 Å². The van der Waals surface area contributed by atoms with Crippen molar-refractivity contribution < 1.29 is 33.4 Å². The molecule has 10 rings (SSSR count). The summed E-state index contributed by atoms with van der Waals surface area (Å²) < 4.78 is 16.3. The molecule has 0 radical (unpaired) electrons. The molecule has 2 aromatic heterocycles. The van der Waals surface area contributed by atoms with Crippen molar-refractivity contribution in [1.29, 1.82) is 0 Å². The van der Waals surface area contributed by atoms with Crippen molar-refractivity contribution in [3.8, 4) is 28.1 Å². The van der Waals surface area contributed by atoms with Crippen LogP contribution in [0.4, 0.5) is 9.59 Å². The van der Waals surface area contributed by atoms with Crippen LogP contribution in [0.25, 0.3) is 44.2 Å². The minimum Gasteiger partial charge on any atom is -0.488 e. The number of H-pyrrole nitrogens is 2. The van der Waals surface area contributed by atoms with Gasteiger partial charge in [-0.25, -0.2) is 19.6 Å². The molecule has 6 aromatic rings. The van der Waals surface area contributed by atoms with E-state index in [0.717, 1.165) is 99.6 Å². The Kier molecular flexibility index (Phi) is 11.2. The average molecular weight is 879 g/mol. The molecule has 4 amide bonds. The second-order valence-corrected chi connectivity index (χ2v) is 18.1. The standard InChI is InChI=1S/C50H54N8O7/c1-27(2)41(55-49(61)63-3)47(59)57-21-7-13-39(57)45-51-25-38(53-45)30-15-16-33-32(24-30)26-65-44-35(33)18-17-34-36(44)19-20-37-43(34)54-46(52-37)40-14-8-22-58(40)48(60)42(56-50(62)64-4)31-12-6-11-29(23-31)28-9-5-10-28/h6,11-12,15-20,23-25,27-28,39-42H,5,7-10,13-14,21-22,26H2,1-4H3,(H,51,53)(H,52,54)(H,55,61)(H,56,62)/t39-,40-,41-,42+/m0/s1. The lowest BCUT2D eigenvalue weighted by Crippen LogP contribution is -2.51. The molecule has 4 N–H and O–H groups in total. The second kappa shape index (κ2) is 17.2. The average Bonchev–Trinajstić information content (AvgIpc) is 4.15. The largest absolute Gasteiger partial charge is 0.488 e. The third kappa shape index (κ3) is 7.69. The minimum absolute atomic E-state index is 0.120. The number of fused-ring (bicyclic) bond motifs is 7. The number of nitrogens with zero attached hydrogens (tertiary/aromatic N) is 4. The second-order valence-electron chi connectivity index (χ2n) is 18.1. The van der Waals surface area contributed by atoms with E-state index >= 15 is 0 Å². The smallest absolute Gasteiger partial charge is 0.407 e. The quantitative estimate of drug-likeness (QED) is 0.105. The maximum Gasteiger partial charge on any atom is 0.407 e. The number of aromatic amines is 2. The highest BCUT2D eigenvalue weighted by Crippen LogP contribution is 2.45. The van der Waals surface area contributed by atoms with Crippen molar-refractivity contribution in [2.24, 2.45) is 5.92 Å². The molecular formula is C50H54N8O7.